The van der Waals surface area contributed by atoms with Gasteiger partial charge in [-0.15, -0.1) is 0 Å². The Hall–Kier alpha value is -2.94. The molecule has 2 aliphatic heterocycles. The molecule has 0 aromatic heterocycles. The second-order valence-corrected chi connectivity index (χ2v) is 7.74. The van der Waals surface area contributed by atoms with E-state index in [9.17, 15) is 9.59 Å². The summed E-state index contributed by atoms with van der Waals surface area (Å²) >= 11 is 0. The number of rotatable bonds is 8. The minimum atomic E-state index is -0.517. The summed E-state index contributed by atoms with van der Waals surface area (Å²) in [7, 11) is 0. The van der Waals surface area contributed by atoms with E-state index in [4.69, 9.17) is 18.9 Å². The van der Waals surface area contributed by atoms with Crippen LogP contribution in [0.5, 0.6) is 0 Å². The van der Waals surface area contributed by atoms with Crippen LogP contribution in [0.4, 0.5) is 16.2 Å². The lowest BCUT2D eigenvalue weighted by Gasteiger charge is -2.53. The van der Waals surface area contributed by atoms with Crippen LogP contribution in [0.15, 0.2) is 48.5 Å². The van der Waals surface area contributed by atoms with E-state index in [2.05, 4.69) is 10.6 Å². The van der Waals surface area contributed by atoms with E-state index in [1.807, 2.05) is 48.5 Å². The van der Waals surface area contributed by atoms with E-state index >= 15 is 0 Å². The van der Waals surface area contributed by atoms with Crippen LogP contribution in [0.2, 0.25) is 0 Å². The molecule has 2 fully saturated rings. The van der Waals surface area contributed by atoms with Crippen molar-refractivity contribution in [2.24, 2.45) is 0 Å². The molecule has 1 spiro atoms. The molecule has 164 valence electrons. The Bertz CT molecular complexity index is 903. The monoisotopic (exact) mass is 426 g/mol. The van der Waals surface area contributed by atoms with Gasteiger partial charge in [-0.05, 0) is 41.8 Å². The zero-order chi connectivity index (χ0) is 21.7. The molecule has 1 unspecified atom stereocenters. The third kappa shape index (κ3) is 5.41. The van der Waals surface area contributed by atoms with Crippen molar-refractivity contribution in [3.63, 3.8) is 0 Å². The minimum Gasteiger partial charge on any atom is -0.447 e. The van der Waals surface area contributed by atoms with Crippen LogP contribution in [0.25, 0.3) is 0 Å². The lowest BCUT2D eigenvalue weighted by Crippen LogP contribution is -2.70. The van der Waals surface area contributed by atoms with Gasteiger partial charge in [0.2, 0.25) is 5.91 Å². The Labute approximate surface area is 180 Å². The van der Waals surface area contributed by atoms with E-state index in [1.54, 1.807) is 0 Å². The van der Waals surface area contributed by atoms with Gasteiger partial charge in [-0.2, -0.15) is 0 Å². The van der Waals surface area contributed by atoms with Crippen LogP contribution in [0, 0.1) is 0 Å². The van der Waals surface area contributed by atoms with Gasteiger partial charge in [-0.1, -0.05) is 24.3 Å². The highest BCUT2D eigenvalue weighted by Gasteiger charge is 2.55. The Morgan fingerprint density at radius 2 is 1.58 bits per heavy atom. The molecular formula is C23H26N2O6. The van der Waals surface area contributed by atoms with Gasteiger partial charge >= 0.3 is 6.09 Å². The van der Waals surface area contributed by atoms with Crippen molar-refractivity contribution in [2.75, 3.05) is 43.7 Å². The summed E-state index contributed by atoms with van der Waals surface area (Å²) in [5.74, 6) is -0.0907. The van der Waals surface area contributed by atoms with Crippen molar-refractivity contribution in [2.45, 2.75) is 25.0 Å². The van der Waals surface area contributed by atoms with Crippen molar-refractivity contribution in [1.29, 1.82) is 0 Å². The molecule has 31 heavy (non-hydrogen) atoms. The fraction of sp³-hybridized carbons (Fsp3) is 0.391. The molecule has 0 aliphatic carbocycles. The van der Waals surface area contributed by atoms with Crippen molar-refractivity contribution in [1.82, 2.24) is 0 Å². The maximum absolute atomic E-state index is 12.0. The fourth-order valence-corrected chi connectivity index (χ4v) is 3.49. The second kappa shape index (κ2) is 9.47. The second-order valence-electron chi connectivity index (χ2n) is 7.74. The molecule has 8 heteroatoms. The first-order chi connectivity index (χ1) is 15.0. The maximum atomic E-state index is 12.0. The maximum Gasteiger partial charge on any atom is 0.411 e. The molecule has 4 rings (SSSR count). The molecular weight excluding hydrogens is 400 g/mol. The predicted octanol–water partition coefficient (Wildman–Crippen LogP) is 2.97. The van der Waals surface area contributed by atoms with Crippen LogP contribution >= 0.6 is 0 Å². The normalized spacial score (nSPS) is 18.5. The zero-order valence-corrected chi connectivity index (χ0v) is 17.4. The molecule has 2 heterocycles. The van der Waals surface area contributed by atoms with E-state index in [1.165, 1.54) is 6.92 Å². The number of amides is 2. The van der Waals surface area contributed by atoms with Gasteiger partial charge in [0, 0.05) is 18.3 Å². The quantitative estimate of drug-likeness (QED) is 0.630. The topological polar surface area (TPSA) is 95.1 Å². The smallest absolute Gasteiger partial charge is 0.411 e. The lowest BCUT2D eigenvalue weighted by molar-refractivity contribution is -0.340. The minimum absolute atomic E-state index is 0.0158. The van der Waals surface area contributed by atoms with E-state index in [-0.39, 0.29) is 24.2 Å². The van der Waals surface area contributed by atoms with Crippen LogP contribution in [0.3, 0.4) is 0 Å². The molecule has 2 aromatic carbocycles. The number of hydrogen-bond donors (Lipinski definition) is 2. The number of hydrogen-bond acceptors (Lipinski definition) is 6. The van der Waals surface area contributed by atoms with Crippen LogP contribution in [0.1, 0.15) is 18.1 Å². The number of carbonyl (C=O) groups is 2. The Kier molecular flexibility index (Phi) is 6.50. The first-order valence-electron chi connectivity index (χ1n) is 10.2. The zero-order valence-electron chi connectivity index (χ0n) is 17.4. The van der Waals surface area contributed by atoms with Crippen molar-refractivity contribution in [3.8, 4) is 0 Å². The van der Waals surface area contributed by atoms with Gasteiger partial charge in [0.25, 0.3) is 0 Å². The van der Waals surface area contributed by atoms with E-state index in [0.717, 1.165) is 23.2 Å². The summed E-state index contributed by atoms with van der Waals surface area (Å²) in [4.78, 5) is 23.0. The highest BCUT2D eigenvalue weighted by atomic mass is 16.7. The largest absolute Gasteiger partial charge is 0.447 e. The van der Waals surface area contributed by atoms with Crippen LogP contribution in [-0.4, -0.2) is 56.7 Å². The van der Waals surface area contributed by atoms with Gasteiger partial charge in [0.15, 0.2) is 0 Å². The molecule has 8 nitrogen and oxygen atoms in total. The number of carbonyl (C=O) groups excluding carboxylic acids is 2. The molecule has 1 atom stereocenters. The Morgan fingerprint density at radius 3 is 2.06 bits per heavy atom. The molecule has 2 amide bonds. The standard InChI is InChI=1S/C23H26N2O6/c1-16(26)24-19-6-2-17(3-7-19)12-18-4-8-20(9-5-18)25-22(27)30-11-10-29-21-13-31-23(21)14-28-15-23/h2-9,21H,10-15H2,1H3,(H,24,26)(H,25,27). The molecule has 0 saturated carbocycles. The molecule has 2 aromatic rings. The predicted molar refractivity (Wildman–Crippen MR) is 114 cm³/mol. The molecule has 0 radical (unpaired) electrons. The van der Waals surface area contributed by atoms with Crippen molar-refractivity contribution < 1.29 is 28.5 Å². The van der Waals surface area contributed by atoms with Crippen molar-refractivity contribution >= 4 is 23.4 Å². The number of nitrogens with one attached hydrogen (secondary N) is 2. The highest BCUT2D eigenvalue weighted by molar-refractivity contribution is 5.88. The third-order valence-corrected chi connectivity index (χ3v) is 5.32. The van der Waals surface area contributed by atoms with E-state index in [0.29, 0.717) is 32.1 Å². The Morgan fingerprint density at radius 1 is 0.968 bits per heavy atom. The average molecular weight is 426 g/mol. The number of benzene rings is 2. The van der Waals surface area contributed by atoms with Gasteiger partial charge in [-0.3, -0.25) is 10.1 Å². The van der Waals surface area contributed by atoms with Crippen LogP contribution in [-0.2, 0) is 30.2 Å². The fourth-order valence-electron chi connectivity index (χ4n) is 3.49. The van der Waals surface area contributed by atoms with Gasteiger partial charge < -0.3 is 24.3 Å². The summed E-state index contributed by atoms with van der Waals surface area (Å²) in [5.41, 5.74) is 3.40. The summed E-state index contributed by atoms with van der Waals surface area (Å²) in [6, 6.07) is 15.3. The van der Waals surface area contributed by atoms with E-state index < -0.39 is 6.09 Å². The summed E-state index contributed by atoms with van der Waals surface area (Å²) in [5, 5.41) is 5.46. The average Bonchev–Trinajstić information content (AvgIpc) is 2.68. The van der Waals surface area contributed by atoms with Gasteiger partial charge in [-0.25, -0.2) is 4.79 Å². The molecule has 2 N–H and O–H groups in total. The first-order valence-corrected chi connectivity index (χ1v) is 10.2. The van der Waals surface area contributed by atoms with Crippen LogP contribution < -0.4 is 10.6 Å². The third-order valence-electron chi connectivity index (χ3n) is 5.32. The molecule has 0 bridgehead atoms. The number of anilines is 2. The van der Waals surface area contributed by atoms with Crippen molar-refractivity contribution in [3.05, 3.63) is 59.7 Å². The number of ether oxygens (including phenoxy) is 4. The summed E-state index contributed by atoms with van der Waals surface area (Å²) < 4.78 is 21.5. The lowest BCUT2D eigenvalue weighted by atomic mass is 9.89. The first kappa shape index (κ1) is 21.3. The molecule has 2 saturated heterocycles. The van der Waals surface area contributed by atoms with Gasteiger partial charge in [0.1, 0.15) is 18.3 Å². The van der Waals surface area contributed by atoms with Gasteiger partial charge in [0.05, 0.1) is 26.4 Å². The Balaban J connectivity index is 1.16. The SMILES string of the molecule is CC(=O)Nc1ccc(Cc2ccc(NC(=O)OCCOC3COC34COC4)cc2)cc1. The molecule has 2 aliphatic rings. The summed E-state index contributed by atoms with van der Waals surface area (Å²) in [6.07, 6.45) is 0.248. The highest BCUT2D eigenvalue weighted by Crippen LogP contribution is 2.36. The summed E-state index contributed by atoms with van der Waals surface area (Å²) in [6.45, 7) is 3.67.